The van der Waals surface area contributed by atoms with Gasteiger partial charge < -0.3 is 5.11 Å². The predicted molar refractivity (Wildman–Crippen MR) is 66.0 cm³/mol. The number of aliphatic hydroxyl groups excluding tert-OH is 1. The third-order valence-electron chi connectivity index (χ3n) is 2.30. The molecule has 0 aliphatic rings. The summed E-state index contributed by atoms with van der Waals surface area (Å²) in [6.07, 6.45) is 6.20. The van der Waals surface area contributed by atoms with Crippen LogP contribution in [0.15, 0.2) is 30.3 Å². The van der Waals surface area contributed by atoms with Crippen molar-refractivity contribution in [1.29, 1.82) is 0 Å². The minimum absolute atomic E-state index is 0.269. The molecule has 0 saturated carbocycles. The summed E-state index contributed by atoms with van der Waals surface area (Å²) in [5.41, 5.74) is 1.12. The van der Waals surface area contributed by atoms with Crippen LogP contribution in [0.25, 0.3) is 6.08 Å². The second-order valence-corrected chi connectivity index (χ2v) is 4.26. The maximum Gasteiger partial charge on any atom is 0.0456 e. The van der Waals surface area contributed by atoms with Crippen LogP contribution < -0.4 is 0 Å². The van der Waals surface area contributed by atoms with E-state index in [4.69, 9.17) is 16.7 Å². The highest BCUT2D eigenvalue weighted by atomic mass is 35.5. The van der Waals surface area contributed by atoms with E-state index < -0.39 is 0 Å². The lowest BCUT2D eigenvalue weighted by Crippen LogP contribution is -1.98. The second-order valence-electron chi connectivity index (χ2n) is 3.82. The van der Waals surface area contributed by atoms with Crippen molar-refractivity contribution in [3.63, 3.8) is 0 Å². The van der Waals surface area contributed by atoms with Gasteiger partial charge in [-0.15, -0.1) is 0 Å². The first-order valence-corrected chi connectivity index (χ1v) is 5.63. The molecule has 0 aliphatic heterocycles. The van der Waals surface area contributed by atoms with E-state index in [1.165, 1.54) is 0 Å². The highest BCUT2D eigenvalue weighted by molar-refractivity contribution is 6.30. The van der Waals surface area contributed by atoms with Crippen LogP contribution in [0.2, 0.25) is 5.02 Å². The van der Waals surface area contributed by atoms with Gasteiger partial charge >= 0.3 is 0 Å². The molecule has 1 aromatic carbocycles. The van der Waals surface area contributed by atoms with Crippen molar-refractivity contribution in [2.75, 3.05) is 6.61 Å². The molecule has 0 aliphatic carbocycles. The zero-order chi connectivity index (χ0) is 11.1. The van der Waals surface area contributed by atoms with Crippen LogP contribution in [0.1, 0.15) is 25.3 Å². The average Bonchev–Trinajstić information content (AvgIpc) is 2.24. The lowest BCUT2D eigenvalue weighted by molar-refractivity contribution is 0.231. The molecule has 1 nitrogen and oxygen atoms in total. The average molecular weight is 225 g/mol. The summed E-state index contributed by atoms with van der Waals surface area (Å²) in [5.74, 6) is 0.383. The van der Waals surface area contributed by atoms with Gasteiger partial charge in [0.25, 0.3) is 0 Å². The van der Waals surface area contributed by atoms with Crippen molar-refractivity contribution in [2.24, 2.45) is 5.92 Å². The largest absolute Gasteiger partial charge is 0.396 e. The number of benzene rings is 1. The summed E-state index contributed by atoms with van der Waals surface area (Å²) in [5, 5.41) is 9.61. The summed E-state index contributed by atoms with van der Waals surface area (Å²) in [6, 6.07) is 7.77. The molecule has 0 bridgehead atoms. The molecule has 15 heavy (non-hydrogen) atoms. The van der Waals surface area contributed by atoms with Gasteiger partial charge in [0.15, 0.2) is 0 Å². The zero-order valence-corrected chi connectivity index (χ0v) is 9.74. The minimum atomic E-state index is 0.269. The van der Waals surface area contributed by atoms with E-state index in [2.05, 4.69) is 12.2 Å². The third-order valence-corrected chi connectivity index (χ3v) is 2.53. The molecule has 2 heteroatoms. The lowest BCUT2D eigenvalue weighted by atomic mass is 10.1. The van der Waals surface area contributed by atoms with Crippen LogP contribution in [0.5, 0.6) is 0 Å². The molecule has 1 rings (SSSR count). The summed E-state index contributed by atoms with van der Waals surface area (Å²) in [7, 11) is 0. The number of rotatable bonds is 5. The smallest absolute Gasteiger partial charge is 0.0456 e. The molecule has 0 heterocycles. The van der Waals surface area contributed by atoms with E-state index in [-0.39, 0.29) is 6.61 Å². The van der Waals surface area contributed by atoms with Gasteiger partial charge in [-0.25, -0.2) is 0 Å². The molecule has 0 fully saturated rings. The Labute approximate surface area is 96.4 Å². The standard InChI is InChI=1S/C13H17ClO/c1-11(10-15)5-2-3-6-12-7-4-8-13(14)9-12/h3-4,6-9,11,15H,2,5,10H2,1H3/b6-3+. The summed E-state index contributed by atoms with van der Waals surface area (Å²) < 4.78 is 0. The number of allylic oxidation sites excluding steroid dienone is 1. The molecule has 0 saturated heterocycles. The van der Waals surface area contributed by atoms with Crippen LogP contribution in [0.4, 0.5) is 0 Å². The summed E-state index contributed by atoms with van der Waals surface area (Å²) in [6.45, 7) is 2.32. The van der Waals surface area contributed by atoms with Gasteiger partial charge in [0, 0.05) is 11.6 Å². The Balaban J connectivity index is 2.38. The van der Waals surface area contributed by atoms with E-state index in [9.17, 15) is 0 Å². The number of aliphatic hydroxyl groups is 1. The second kappa shape index (κ2) is 6.65. The lowest BCUT2D eigenvalue weighted by Gasteiger charge is -2.03. The molecule has 0 aromatic heterocycles. The van der Waals surface area contributed by atoms with Gasteiger partial charge in [0.2, 0.25) is 0 Å². The first-order valence-electron chi connectivity index (χ1n) is 5.25. The Morgan fingerprint density at radius 1 is 1.47 bits per heavy atom. The Morgan fingerprint density at radius 3 is 2.93 bits per heavy atom. The van der Waals surface area contributed by atoms with Gasteiger partial charge in [-0.2, -0.15) is 0 Å². The molecule has 0 radical (unpaired) electrons. The van der Waals surface area contributed by atoms with Gasteiger partial charge in [0.05, 0.1) is 0 Å². The minimum Gasteiger partial charge on any atom is -0.396 e. The van der Waals surface area contributed by atoms with Crippen molar-refractivity contribution in [1.82, 2.24) is 0 Å². The first kappa shape index (κ1) is 12.3. The van der Waals surface area contributed by atoms with Crippen molar-refractivity contribution in [3.05, 3.63) is 40.9 Å². The van der Waals surface area contributed by atoms with Crippen molar-refractivity contribution < 1.29 is 5.11 Å². The van der Waals surface area contributed by atoms with Crippen LogP contribution in [-0.4, -0.2) is 11.7 Å². The van der Waals surface area contributed by atoms with Crippen molar-refractivity contribution in [2.45, 2.75) is 19.8 Å². The van der Waals surface area contributed by atoms with E-state index in [1.54, 1.807) is 0 Å². The number of halogens is 1. The summed E-state index contributed by atoms with van der Waals surface area (Å²) >= 11 is 5.86. The molecular weight excluding hydrogens is 208 g/mol. The van der Waals surface area contributed by atoms with Gasteiger partial charge in [-0.3, -0.25) is 0 Å². The third kappa shape index (κ3) is 5.01. The number of hydrogen-bond donors (Lipinski definition) is 1. The highest BCUT2D eigenvalue weighted by Crippen LogP contribution is 2.13. The monoisotopic (exact) mass is 224 g/mol. The molecule has 1 N–H and O–H groups in total. The molecule has 1 unspecified atom stereocenters. The molecular formula is C13H17ClO. The van der Waals surface area contributed by atoms with E-state index in [0.717, 1.165) is 23.4 Å². The fourth-order valence-electron chi connectivity index (χ4n) is 1.30. The molecule has 1 atom stereocenters. The summed E-state index contributed by atoms with van der Waals surface area (Å²) in [4.78, 5) is 0. The Morgan fingerprint density at radius 2 is 2.27 bits per heavy atom. The maximum atomic E-state index is 8.85. The highest BCUT2D eigenvalue weighted by Gasteiger charge is 1.96. The predicted octanol–water partition coefficient (Wildman–Crippen LogP) is 3.76. The Bertz CT molecular complexity index is 320. The van der Waals surface area contributed by atoms with E-state index in [1.807, 2.05) is 31.2 Å². The molecule has 0 amide bonds. The van der Waals surface area contributed by atoms with Crippen LogP contribution >= 0.6 is 11.6 Å². The van der Waals surface area contributed by atoms with Crippen molar-refractivity contribution in [3.8, 4) is 0 Å². The zero-order valence-electron chi connectivity index (χ0n) is 8.99. The van der Waals surface area contributed by atoms with Crippen LogP contribution in [0, 0.1) is 5.92 Å². The van der Waals surface area contributed by atoms with Crippen molar-refractivity contribution >= 4 is 17.7 Å². The number of hydrogen-bond acceptors (Lipinski definition) is 1. The first-order chi connectivity index (χ1) is 7.22. The fraction of sp³-hybridized carbons (Fsp3) is 0.385. The van der Waals surface area contributed by atoms with Gasteiger partial charge in [0.1, 0.15) is 0 Å². The Kier molecular flexibility index (Phi) is 5.44. The van der Waals surface area contributed by atoms with E-state index in [0.29, 0.717) is 5.92 Å². The van der Waals surface area contributed by atoms with Gasteiger partial charge in [-0.1, -0.05) is 42.8 Å². The normalized spacial score (nSPS) is 13.3. The molecule has 1 aromatic rings. The SMILES string of the molecule is CC(CO)CC/C=C/c1cccc(Cl)c1. The van der Waals surface area contributed by atoms with Crippen LogP contribution in [0.3, 0.4) is 0 Å². The quantitative estimate of drug-likeness (QED) is 0.808. The van der Waals surface area contributed by atoms with E-state index >= 15 is 0 Å². The Hall–Kier alpha value is -0.790. The molecule has 0 spiro atoms. The van der Waals surface area contributed by atoms with Crippen LogP contribution in [-0.2, 0) is 0 Å². The fourth-order valence-corrected chi connectivity index (χ4v) is 1.50. The topological polar surface area (TPSA) is 20.2 Å². The maximum absolute atomic E-state index is 8.85. The molecule has 82 valence electrons. The van der Waals surface area contributed by atoms with Gasteiger partial charge in [-0.05, 0) is 36.5 Å².